The monoisotopic (exact) mass is 523 g/mol. The van der Waals surface area contributed by atoms with E-state index in [4.69, 9.17) is 18.9 Å². The minimum absolute atomic E-state index is 0.00360. The highest BCUT2D eigenvalue weighted by atomic mass is 16.5. The molecule has 2 aromatic carbocycles. The number of carboxylic acid groups (broad SMARTS) is 1. The van der Waals surface area contributed by atoms with E-state index in [1.165, 1.54) is 0 Å². The quantitative estimate of drug-likeness (QED) is 0.528. The Balaban J connectivity index is 1.38. The van der Waals surface area contributed by atoms with Crippen LogP contribution in [0.4, 0.5) is 0 Å². The van der Waals surface area contributed by atoms with Crippen molar-refractivity contribution in [3.8, 4) is 11.5 Å². The van der Waals surface area contributed by atoms with Crippen LogP contribution in [0.2, 0.25) is 0 Å². The number of methoxy groups -OCH3 is 1. The lowest BCUT2D eigenvalue weighted by Gasteiger charge is -2.54. The van der Waals surface area contributed by atoms with E-state index < -0.39 is 11.6 Å². The molecule has 2 saturated heterocycles. The van der Waals surface area contributed by atoms with Gasteiger partial charge in [0, 0.05) is 49.6 Å². The topological polar surface area (TPSA) is 94.5 Å². The number of hydrogen-bond acceptors (Lipinski definition) is 6. The fourth-order valence-corrected chi connectivity index (χ4v) is 6.32. The van der Waals surface area contributed by atoms with Crippen LogP contribution in [-0.4, -0.2) is 60.4 Å². The molecule has 5 atom stereocenters. The average Bonchev–Trinajstić information content (AvgIpc) is 2.92. The molecule has 1 amide bonds. The van der Waals surface area contributed by atoms with Crippen molar-refractivity contribution in [3.63, 3.8) is 0 Å². The zero-order valence-electron chi connectivity index (χ0n) is 22.4. The maximum atomic E-state index is 13.3. The highest BCUT2D eigenvalue weighted by molar-refractivity contribution is 5.94. The van der Waals surface area contributed by atoms with Gasteiger partial charge in [0.25, 0.3) is 5.91 Å². The fraction of sp³-hybridized carbons (Fsp3) is 0.533. The maximum Gasteiger partial charge on any atom is 0.303 e. The third-order valence-electron chi connectivity index (χ3n) is 8.28. The summed E-state index contributed by atoms with van der Waals surface area (Å²) in [6, 6.07) is 13.5. The Hall–Kier alpha value is -3.10. The molecule has 0 unspecified atom stereocenters. The predicted molar refractivity (Wildman–Crippen MR) is 140 cm³/mol. The number of hydrogen-bond donors (Lipinski definition) is 1. The Labute approximate surface area is 223 Å². The lowest BCUT2D eigenvalue weighted by molar-refractivity contribution is -0.191. The Morgan fingerprint density at radius 2 is 1.97 bits per heavy atom. The number of aliphatic carboxylic acids is 1. The molecule has 204 valence electrons. The van der Waals surface area contributed by atoms with Gasteiger partial charge in [-0.2, -0.15) is 0 Å². The number of benzene rings is 2. The number of rotatable bonds is 8. The SMILES string of the molecule is CCOc1cccc2c1O[C@@](C)(CCC(=O)O)[C@@H]1C[C@@H]3CN(C(=O)c4ccc(COC)cc4)CC[C@H]3O[C@@H]21. The number of amides is 1. The molecule has 8 nitrogen and oxygen atoms in total. The third-order valence-corrected chi connectivity index (χ3v) is 8.28. The molecule has 8 heteroatoms. The molecule has 1 N–H and O–H groups in total. The van der Waals surface area contributed by atoms with Gasteiger partial charge in [-0.25, -0.2) is 0 Å². The summed E-state index contributed by atoms with van der Waals surface area (Å²) in [6.45, 7) is 6.18. The Morgan fingerprint density at radius 3 is 2.68 bits per heavy atom. The number of carbonyl (C=O) groups excluding carboxylic acids is 1. The first-order valence-electron chi connectivity index (χ1n) is 13.5. The summed E-state index contributed by atoms with van der Waals surface area (Å²) in [7, 11) is 1.65. The molecule has 0 aliphatic carbocycles. The lowest BCUT2D eigenvalue weighted by atomic mass is 9.68. The van der Waals surface area contributed by atoms with E-state index in [9.17, 15) is 14.7 Å². The molecule has 3 aliphatic rings. The molecule has 38 heavy (non-hydrogen) atoms. The molecule has 0 radical (unpaired) electrons. The second-order valence-corrected chi connectivity index (χ2v) is 10.8. The van der Waals surface area contributed by atoms with Crippen molar-refractivity contribution in [1.29, 1.82) is 0 Å². The standard InChI is InChI=1S/C30H37NO7/c1-4-36-25-7-5-6-22-27-23(30(2,38-28(22)25)14-12-26(32)33)16-21-17-31(15-13-24(21)37-27)29(34)20-10-8-19(9-11-20)18-35-3/h5-11,21,23-24,27H,4,12-18H2,1-3H3,(H,32,33)/t21-,23-,24-,27+,30+/m1/s1. The van der Waals surface area contributed by atoms with Gasteiger partial charge in [-0.05, 0) is 56.9 Å². The largest absolute Gasteiger partial charge is 0.490 e. The van der Waals surface area contributed by atoms with Crippen LogP contribution in [0, 0.1) is 11.8 Å². The second-order valence-electron chi connectivity index (χ2n) is 10.8. The summed E-state index contributed by atoms with van der Waals surface area (Å²) in [4.78, 5) is 26.8. The zero-order valence-corrected chi connectivity index (χ0v) is 22.4. The van der Waals surface area contributed by atoms with Crippen molar-refractivity contribution in [3.05, 3.63) is 59.2 Å². The molecular formula is C30H37NO7. The number of ether oxygens (including phenoxy) is 4. The molecule has 3 aliphatic heterocycles. The smallest absolute Gasteiger partial charge is 0.303 e. The molecule has 2 aromatic rings. The number of nitrogens with zero attached hydrogens (tertiary/aromatic N) is 1. The minimum atomic E-state index is -0.851. The van der Waals surface area contributed by atoms with Crippen LogP contribution in [0.25, 0.3) is 0 Å². The van der Waals surface area contributed by atoms with E-state index >= 15 is 0 Å². The van der Waals surface area contributed by atoms with Gasteiger partial charge < -0.3 is 29.0 Å². The van der Waals surface area contributed by atoms with E-state index in [2.05, 4.69) is 0 Å². The summed E-state index contributed by atoms with van der Waals surface area (Å²) in [5.41, 5.74) is 1.92. The van der Waals surface area contributed by atoms with Crippen LogP contribution in [0.1, 0.15) is 67.1 Å². The van der Waals surface area contributed by atoms with Crippen molar-refractivity contribution < 1.29 is 33.6 Å². The van der Waals surface area contributed by atoms with Gasteiger partial charge in [0.1, 0.15) is 5.60 Å². The molecular weight excluding hydrogens is 486 g/mol. The predicted octanol–water partition coefficient (Wildman–Crippen LogP) is 4.86. The number of para-hydroxylation sites is 1. The van der Waals surface area contributed by atoms with Crippen molar-refractivity contribution in [2.24, 2.45) is 11.8 Å². The number of carboxylic acids is 1. The zero-order chi connectivity index (χ0) is 26.9. The Kier molecular flexibility index (Phi) is 7.63. The molecule has 5 rings (SSSR count). The van der Waals surface area contributed by atoms with Gasteiger partial charge >= 0.3 is 5.97 Å². The van der Waals surface area contributed by atoms with Crippen LogP contribution in [-0.2, 0) is 20.9 Å². The highest BCUT2D eigenvalue weighted by Crippen LogP contribution is 2.56. The van der Waals surface area contributed by atoms with Crippen molar-refractivity contribution in [2.75, 3.05) is 26.8 Å². The molecule has 0 aromatic heterocycles. The summed E-state index contributed by atoms with van der Waals surface area (Å²) < 4.78 is 24.5. The maximum absolute atomic E-state index is 13.3. The first kappa shape index (κ1) is 26.5. The summed E-state index contributed by atoms with van der Waals surface area (Å²) in [5, 5.41) is 9.46. The van der Waals surface area contributed by atoms with Crippen LogP contribution in [0.15, 0.2) is 42.5 Å². The summed E-state index contributed by atoms with van der Waals surface area (Å²) >= 11 is 0. The van der Waals surface area contributed by atoms with Crippen molar-refractivity contribution in [2.45, 2.75) is 63.9 Å². The fourth-order valence-electron chi connectivity index (χ4n) is 6.32. The van der Waals surface area contributed by atoms with Gasteiger partial charge in [-0.15, -0.1) is 0 Å². The van der Waals surface area contributed by atoms with Crippen molar-refractivity contribution >= 4 is 11.9 Å². The Morgan fingerprint density at radius 1 is 1.18 bits per heavy atom. The van der Waals surface area contributed by atoms with Gasteiger partial charge in [0.05, 0.1) is 25.4 Å². The van der Waals surface area contributed by atoms with Gasteiger partial charge in [-0.3, -0.25) is 9.59 Å². The van der Waals surface area contributed by atoms with E-state index in [1.807, 2.05) is 61.2 Å². The van der Waals surface area contributed by atoms with Crippen LogP contribution >= 0.6 is 0 Å². The summed E-state index contributed by atoms with van der Waals surface area (Å²) in [6.07, 6.45) is 1.73. The molecule has 2 fully saturated rings. The summed E-state index contributed by atoms with van der Waals surface area (Å²) in [5.74, 6) is 0.590. The van der Waals surface area contributed by atoms with Gasteiger partial charge in [-0.1, -0.05) is 24.3 Å². The lowest BCUT2D eigenvalue weighted by Crippen LogP contribution is -2.57. The number of likely N-dealkylation sites (tertiary alicyclic amines) is 1. The second kappa shape index (κ2) is 10.9. The van der Waals surface area contributed by atoms with Crippen LogP contribution < -0.4 is 9.47 Å². The van der Waals surface area contributed by atoms with E-state index in [1.54, 1.807) is 7.11 Å². The normalized spacial score (nSPS) is 27.9. The van der Waals surface area contributed by atoms with Crippen LogP contribution in [0.3, 0.4) is 0 Å². The average molecular weight is 524 g/mol. The number of carbonyl (C=O) groups is 2. The first-order chi connectivity index (χ1) is 18.3. The van der Waals surface area contributed by atoms with Crippen LogP contribution in [0.5, 0.6) is 11.5 Å². The van der Waals surface area contributed by atoms with Crippen molar-refractivity contribution in [1.82, 2.24) is 4.90 Å². The third kappa shape index (κ3) is 5.12. The van der Waals surface area contributed by atoms with Gasteiger partial charge in [0.15, 0.2) is 11.5 Å². The van der Waals surface area contributed by atoms with E-state index in [-0.39, 0.29) is 36.4 Å². The molecule has 3 heterocycles. The van der Waals surface area contributed by atoms with E-state index in [0.29, 0.717) is 49.8 Å². The number of piperidine rings is 1. The first-order valence-corrected chi connectivity index (χ1v) is 13.5. The molecule has 0 saturated carbocycles. The number of fused-ring (bicyclic) bond motifs is 4. The molecule has 0 bridgehead atoms. The Bertz CT molecular complexity index is 1170. The highest BCUT2D eigenvalue weighted by Gasteiger charge is 2.54. The minimum Gasteiger partial charge on any atom is -0.490 e. The van der Waals surface area contributed by atoms with E-state index in [0.717, 1.165) is 24.0 Å². The molecule has 0 spiro atoms. The van der Waals surface area contributed by atoms with Gasteiger partial charge in [0.2, 0.25) is 0 Å².